The molecule has 0 N–H and O–H groups in total. The standard InChI is InChI=1S/C9H10BrN3O/c1-14-5-3-8-11-12-9-6-7(10)2-4-13(8)9/h2,4,6H,3,5H2,1H3. The molecule has 0 aliphatic rings. The number of ether oxygens (including phenoxy) is 1. The third-order valence-electron chi connectivity index (χ3n) is 1.97. The lowest BCUT2D eigenvalue weighted by Gasteiger charge is -1.98. The molecule has 0 saturated heterocycles. The molecular formula is C9H10BrN3O. The van der Waals surface area contributed by atoms with E-state index in [0.29, 0.717) is 6.61 Å². The van der Waals surface area contributed by atoms with Crippen LogP contribution in [0.15, 0.2) is 22.8 Å². The van der Waals surface area contributed by atoms with Gasteiger partial charge >= 0.3 is 0 Å². The van der Waals surface area contributed by atoms with Gasteiger partial charge in [-0.1, -0.05) is 15.9 Å². The van der Waals surface area contributed by atoms with Crippen LogP contribution < -0.4 is 0 Å². The Balaban J connectivity index is 2.37. The highest BCUT2D eigenvalue weighted by Crippen LogP contribution is 2.12. The molecule has 0 unspecified atom stereocenters. The zero-order chi connectivity index (χ0) is 9.97. The Morgan fingerprint density at radius 3 is 3.14 bits per heavy atom. The van der Waals surface area contributed by atoms with E-state index in [1.807, 2.05) is 22.7 Å². The summed E-state index contributed by atoms with van der Waals surface area (Å²) >= 11 is 3.39. The molecule has 0 amide bonds. The summed E-state index contributed by atoms with van der Waals surface area (Å²) in [6, 6.07) is 3.90. The number of halogens is 1. The molecule has 0 atom stereocenters. The van der Waals surface area contributed by atoms with Gasteiger partial charge in [0.2, 0.25) is 0 Å². The van der Waals surface area contributed by atoms with E-state index in [0.717, 1.165) is 22.4 Å². The normalized spacial score (nSPS) is 11.0. The summed E-state index contributed by atoms with van der Waals surface area (Å²) < 4.78 is 7.97. The van der Waals surface area contributed by atoms with Crippen LogP contribution in [0.4, 0.5) is 0 Å². The van der Waals surface area contributed by atoms with E-state index in [-0.39, 0.29) is 0 Å². The van der Waals surface area contributed by atoms with E-state index in [1.165, 1.54) is 0 Å². The number of nitrogens with zero attached hydrogens (tertiary/aromatic N) is 3. The fourth-order valence-corrected chi connectivity index (χ4v) is 1.60. The molecule has 0 spiro atoms. The van der Waals surface area contributed by atoms with Crippen molar-refractivity contribution in [3.8, 4) is 0 Å². The quantitative estimate of drug-likeness (QED) is 0.838. The predicted octanol–water partition coefficient (Wildman–Crippen LogP) is 1.68. The van der Waals surface area contributed by atoms with Crippen LogP contribution in [0.25, 0.3) is 5.65 Å². The van der Waals surface area contributed by atoms with Crippen LogP contribution in [0.5, 0.6) is 0 Å². The van der Waals surface area contributed by atoms with Gasteiger partial charge in [0.15, 0.2) is 5.65 Å². The van der Waals surface area contributed by atoms with Crippen molar-refractivity contribution in [1.82, 2.24) is 14.6 Å². The van der Waals surface area contributed by atoms with Gasteiger partial charge in [-0.3, -0.25) is 4.40 Å². The lowest BCUT2D eigenvalue weighted by atomic mass is 10.4. The van der Waals surface area contributed by atoms with Crippen LogP contribution in [0.3, 0.4) is 0 Å². The van der Waals surface area contributed by atoms with Crippen LogP contribution in [0, 0.1) is 0 Å². The van der Waals surface area contributed by atoms with Gasteiger partial charge in [0.25, 0.3) is 0 Å². The molecule has 2 aromatic heterocycles. The Labute approximate surface area is 90.0 Å². The second-order valence-corrected chi connectivity index (χ2v) is 3.85. The van der Waals surface area contributed by atoms with E-state index < -0.39 is 0 Å². The van der Waals surface area contributed by atoms with Crippen LogP contribution in [-0.2, 0) is 11.2 Å². The fraction of sp³-hybridized carbons (Fsp3) is 0.333. The lowest BCUT2D eigenvalue weighted by molar-refractivity contribution is 0.200. The molecule has 0 bridgehead atoms. The molecule has 0 saturated carbocycles. The molecule has 0 aromatic carbocycles. The molecule has 0 fully saturated rings. The molecule has 0 aliphatic carbocycles. The first-order valence-electron chi connectivity index (χ1n) is 4.29. The van der Waals surface area contributed by atoms with Crippen molar-refractivity contribution in [3.63, 3.8) is 0 Å². The SMILES string of the molecule is COCCc1nnc2cc(Br)ccn12. The lowest BCUT2D eigenvalue weighted by Crippen LogP contribution is -2.00. The molecule has 2 heterocycles. The smallest absolute Gasteiger partial charge is 0.161 e. The van der Waals surface area contributed by atoms with Gasteiger partial charge in [0, 0.05) is 24.2 Å². The van der Waals surface area contributed by atoms with Gasteiger partial charge in [-0.25, -0.2) is 0 Å². The first-order valence-corrected chi connectivity index (χ1v) is 5.08. The monoisotopic (exact) mass is 255 g/mol. The molecule has 0 radical (unpaired) electrons. The molecule has 0 aliphatic heterocycles. The van der Waals surface area contributed by atoms with Gasteiger partial charge in [0.05, 0.1) is 6.61 Å². The van der Waals surface area contributed by atoms with Crippen molar-refractivity contribution in [3.05, 3.63) is 28.6 Å². The summed E-state index contributed by atoms with van der Waals surface area (Å²) in [4.78, 5) is 0. The van der Waals surface area contributed by atoms with Crippen molar-refractivity contribution in [2.45, 2.75) is 6.42 Å². The first-order chi connectivity index (χ1) is 6.81. The molecule has 4 nitrogen and oxygen atoms in total. The average molecular weight is 256 g/mol. The zero-order valence-electron chi connectivity index (χ0n) is 7.77. The van der Waals surface area contributed by atoms with E-state index in [9.17, 15) is 0 Å². The Morgan fingerprint density at radius 1 is 1.50 bits per heavy atom. The third-order valence-corrected chi connectivity index (χ3v) is 2.47. The van der Waals surface area contributed by atoms with Gasteiger partial charge in [-0.2, -0.15) is 0 Å². The summed E-state index contributed by atoms with van der Waals surface area (Å²) in [5, 5.41) is 8.15. The Kier molecular flexibility index (Phi) is 2.79. The van der Waals surface area contributed by atoms with Crippen LogP contribution in [-0.4, -0.2) is 28.3 Å². The molecule has 14 heavy (non-hydrogen) atoms. The minimum Gasteiger partial charge on any atom is -0.384 e. The Bertz CT molecular complexity index is 441. The second kappa shape index (κ2) is 4.06. The first kappa shape index (κ1) is 9.61. The largest absolute Gasteiger partial charge is 0.384 e. The highest BCUT2D eigenvalue weighted by molar-refractivity contribution is 9.10. The molecule has 5 heteroatoms. The number of hydrogen-bond acceptors (Lipinski definition) is 3. The maximum atomic E-state index is 5.00. The van der Waals surface area contributed by atoms with Crippen LogP contribution in [0.2, 0.25) is 0 Å². The predicted molar refractivity (Wildman–Crippen MR) is 56.3 cm³/mol. The van der Waals surface area contributed by atoms with E-state index >= 15 is 0 Å². The van der Waals surface area contributed by atoms with Crippen molar-refractivity contribution >= 4 is 21.6 Å². The van der Waals surface area contributed by atoms with Crippen molar-refractivity contribution in [1.29, 1.82) is 0 Å². The summed E-state index contributed by atoms with van der Waals surface area (Å²) in [7, 11) is 1.68. The number of methoxy groups -OCH3 is 1. The highest BCUT2D eigenvalue weighted by Gasteiger charge is 2.04. The minimum atomic E-state index is 0.664. The molecular weight excluding hydrogens is 246 g/mol. The number of aromatic nitrogens is 3. The van der Waals surface area contributed by atoms with Gasteiger partial charge < -0.3 is 4.74 Å². The van der Waals surface area contributed by atoms with E-state index in [4.69, 9.17) is 4.74 Å². The summed E-state index contributed by atoms with van der Waals surface area (Å²) in [5.74, 6) is 0.925. The number of pyridine rings is 1. The molecule has 2 aromatic rings. The van der Waals surface area contributed by atoms with Crippen molar-refractivity contribution in [2.75, 3.05) is 13.7 Å². The Morgan fingerprint density at radius 2 is 2.36 bits per heavy atom. The number of hydrogen-bond donors (Lipinski definition) is 0. The van der Waals surface area contributed by atoms with Crippen LogP contribution in [0.1, 0.15) is 5.82 Å². The third kappa shape index (κ3) is 1.78. The van der Waals surface area contributed by atoms with Gasteiger partial charge in [-0.05, 0) is 12.1 Å². The van der Waals surface area contributed by atoms with E-state index in [2.05, 4.69) is 26.1 Å². The number of rotatable bonds is 3. The summed E-state index contributed by atoms with van der Waals surface area (Å²) in [6.45, 7) is 0.664. The fourth-order valence-electron chi connectivity index (χ4n) is 1.28. The maximum Gasteiger partial charge on any atom is 0.161 e. The summed E-state index contributed by atoms with van der Waals surface area (Å²) in [6.07, 6.45) is 2.73. The average Bonchev–Trinajstić information content (AvgIpc) is 2.57. The summed E-state index contributed by atoms with van der Waals surface area (Å²) in [5.41, 5.74) is 0.852. The Hall–Kier alpha value is -0.940. The van der Waals surface area contributed by atoms with Crippen LogP contribution >= 0.6 is 15.9 Å². The molecule has 74 valence electrons. The van der Waals surface area contributed by atoms with E-state index in [1.54, 1.807) is 7.11 Å². The topological polar surface area (TPSA) is 39.4 Å². The zero-order valence-corrected chi connectivity index (χ0v) is 9.36. The molecule has 2 rings (SSSR count). The minimum absolute atomic E-state index is 0.664. The van der Waals surface area contributed by atoms with Crippen molar-refractivity contribution < 1.29 is 4.74 Å². The van der Waals surface area contributed by atoms with Crippen molar-refractivity contribution in [2.24, 2.45) is 0 Å². The number of fused-ring (bicyclic) bond motifs is 1. The highest BCUT2D eigenvalue weighted by atomic mass is 79.9. The second-order valence-electron chi connectivity index (χ2n) is 2.93. The van der Waals surface area contributed by atoms with Gasteiger partial charge in [-0.15, -0.1) is 10.2 Å². The van der Waals surface area contributed by atoms with Gasteiger partial charge in [0.1, 0.15) is 5.82 Å². The maximum absolute atomic E-state index is 5.00.